The lowest BCUT2D eigenvalue weighted by atomic mass is 9.89. The molecule has 0 amide bonds. The first-order valence-corrected chi connectivity index (χ1v) is 22.9. The summed E-state index contributed by atoms with van der Waals surface area (Å²) < 4.78 is 0. The maximum atomic E-state index is 5.05. The Morgan fingerprint density at radius 2 is 0.500 bits per heavy atom. The Morgan fingerprint density at radius 1 is 0.257 bits per heavy atom. The first kappa shape index (κ1) is 41.7. The minimum atomic E-state index is 0.699. The normalized spacial score (nSPS) is 11.3. The van der Waals surface area contributed by atoms with Gasteiger partial charge in [-0.15, -0.1) is 0 Å². The van der Waals surface area contributed by atoms with Crippen molar-refractivity contribution in [3.63, 3.8) is 0 Å². The van der Waals surface area contributed by atoms with Crippen LogP contribution in [0.3, 0.4) is 0 Å². The van der Waals surface area contributed by atoms with E-state index < -0.39 is 0 Å². The highest BCUT2D eigenvalue weighted by Crippen LogP contribution is 2.54. The molecule has 334 valence electrons. The van der Waals surface area contributed by atoms with Gasteiger partial charge in [0.2, 0.25) is 0 Å². The van der Waals surface area contributed by atoms with Crippen LogP contribution in [0.25, 0.3) is 32.3 Å². The van der Waals surface area contributed by atoms with E-state index in [0.29, 0.717) is 46.5 Å². The summed E-state index contributed by atoms with van der Waals surface area (Å²) in [6.45, 7) is 4.09. The number of nitrogens with zero attached hydrogens (tertiary/aromatic N) is 12. The summed E-state index contributed by atoms with van der Waals surface area (Å²) in [5.74, 6) is 5.61. The van der Waals surface area contributed by atoms with Crippen LogP contribution in [0.4, 0.5) is 69.3 Å². The van der Waals surface area contributed by atoms with Gasteiger partial charge in [-0.25, -0.2) is 39.9 Å². The molecule has 0 bridgehead atoms. The fourth-order valence-corrected chi connectivity index (χ4v) is 9.22. The smallest absolute Gasteiger partial charge is 0.138 e. The summed E-state index contributed by atoms with van der Waals surface area (Å²) in [5.41, 5.74) is 5.49. The van der Waals surface area contributed by atoms with Gasteiger partial charge in [0, 0.05) is 81.9 Å². The van der Waals surface area contributed by atoms with Gasteiger partial charge in [0.25, 0.3) is 0 Å². The zero-order valence-electron chi connectivity index (χ0n) is 38.2. The number of rotatable bonds is 12. The van der Waals surface area contributed by atoms with Gasteiger partial charge < -0.3 is 0 Å². The Hall–Kier alpha value is -9.68. The zero-order valence-corrected chi connectivity index (χ0v) is 38.2. The standard InChI is InChI=1S/C58H42N12/c1-39-21-27-55(65-37-39)69(53-19-7-13-33-63-53)47-35-45(67(49-15-3-9-29-59-49)50-16-4-10-30-60-50)41-24-26-44-48(70(54-20-8-14-34-64-54)56-28-22-40(2)38-66-56)36-46(42-23-25-43(47)57(41)58(42)44)68(51-17-5-11-31-61-51)52-18-6-12-32-62-52/h3-38H,1-2H3. The van der Waals surface area contributed by atoms with Crippen molar-refractivity contribution in [2.24, 2.45) is 0 Å². The molecule has 0 aliphatic rings. The molecule has 12 rings (SSSR count). The molecule has 0 atom stereocenters. The fourth-order valence-electron chi connectivity index (χ4n) is 9.22. The molecule has 8 aromatic heterocycles. The van der Waals surface area contributed by atoms with Crippen molar-refractivity contribution in [3.05, 3.63) is 231 Å². The molecule has 0 radical (unpaired) electrons. The third-order valence-corrected chi connectivity index (χ3v) is 12.3. The minimum absolute atomic E-state index is 0.699. The monoisotopic (exact) mass is 906 g/mol. The van der Waals surface area contributed by atoms with Crippen LogP contribution in [0.5, 0.6) is 0 Å². The van der Waals surface area contributed by atoms with Crippen LogP contribution in [0.15, 0.2) is 219 Å². The van der Waals surface area contributed by atoms with Gasteiger partial charge in [-0.1, -0.05) is 72.8 Å². The highest BCUT2D eigenvalue weighted by Gasteiger charge is 2.30. The van der Waals surface area contributed by atoms with Crippen molar-refractivity contribution < 1.29 is 0 Å². The van der Waals surface area contributed by atoms with E-state index in [0.717, 1.165) is 66.2 Å². The van der Waals surface area contributed by atoms with E-state index in [-0.39, 0.29) is 0 Å². The molecule has 4 aromatic carbocycles. The zero-order chi connectivity index (χ0) is 47.0. The minimum Gasteiger partial charge on any atom is -0.278 e. The van der Waals surface area contributed by atoms with Crippen molar-refractivity contribution in [1.29, 1.82) is 0 Å². The van der Waals surface area contributed by atoms with E-state index in [1.165, 1.54) is 0 Å². The lowest BCUT2D eigenvalue weighted by Crippen LogP contribution is -2.18. The number of aryl methyl sites for hydroxylation is 2. The average Bonchev–Trinajstić information content (AvgIpc) is 3.42. The predicted molar refractivity (Wildman–Crippen MR) is 281 cm³/mol. The summed E-state index contributed by atoms with van der Waals surface area (Å²) in [5, 5.41) is 5.86. The number of anilines is 12. The summed E-state index contributed by atoms with van der Waals surface area (Å²) in [4.78, 5) is 48.4. The van der Waals surface area contributed by atoms with Crippen molar-refractivity contribution in [3.8, 4) is 0 Å². The molecule has 0 aliphatic carbocycles. The number of benzene rings is 4. The predicted octanol–water partition coefficient (Wildman–Crippen LogP) is 14.2. The van der Waals surface area contributed by atoms with Gasteiger partial charge in [0.1, 0.15) is 46.5 Å². The Labute approximate surface area is 403 Å². The number of hydrogen-bond acceptors (Lipinski definition) is 12. The van der Waals surface area contributed by atoms with E-state index in [9.17, 15) is 0 Å². The first-order chi connectivity index (χ1) is 34.6. The molecule has 0 unspecified atom stereocenters. The fraction of sp³-hybridized carbons (Fsp3) is 0.0345. The second kappa shape index (κ2) is 17.8. The lowest BCUT2D eigenvalue weighted by molar-refractivity contribution is 1.11. The molecule has 0 spiro atoms. The maximum Gasteiger partial charge on any atom is 0.138 e. The van der Waals surface area contributed by atoms with E-state index in [1.807, 2.05) is 185 Å². The largest absolute Gasteiger partial charge is 0.278 e. The Kier molecular flexibility index (Phi) is 10.6. The molecule has 0 saturated carbocycles. The SMILES string of the molecule is Cc1ccc(N(c2ccccn2)c2cc(N(c3ccccn3)c3ccccn3)c3ccc4c(N(c5ccccn5)c5ccc(C)cn5)cc(N(c5ccccn5)c5ccccn5)c5ccc2c3c54)nc1. The van der Waals surface area contributed by atoms with Crippen molar-refractivity contribution in [1.82, 2.24) is 39.9 Å². The number of aromatic nitrogens is 8. The summed E-state index contributed by atoms with van der Waals surface area (Å²) in [6, 6.07) is 57.2. The van der Waals surface area contributed by atoms with E-state index >= 15 is 0 Å². The number of pyridine rings is 8. The van der Waals surface area contributed by atoms with Gasteiger partial charge in [0.15, 0.2) is 0 Å². The van der Waals surface area contributed by atoms with Gasteiger partial charge >= 0.3 is 0 Å². The molecule has 12 heteroatoms. The van der Waals surface area contributed by atoms with Crippen molar-refractivity contribution >= 4 is 102 Å². The van der Waals surface area contributed by atoms with Crippen molar-refractivity contribution in [2.45, 2.75) is 13.8 Å². The second-order valence-corrected chi connectivity index (χ2v) is 16.8. The van der Waals surface area contributed by atoms with Gasteiger partial charge in [0.05, 0.1) is 22.7 Å². The van der Waals surface area contributed by atoms with Crippen LogP contribution in [-0.2, 0) is 0 Å². The molecule has 0 saturated heterocycles. The van der Waals surface area contributed by atoms with Gasteiger partial charge in [-0.2, -0.15) is 0 Å². The van der Waals surface area contributed by atoms with E-state index in [4.69, 9.17) is 39.9 Å². The van der Waals surface area contributed by atoms with Crippen LogP contribution in [-0.4, -0.2) is 39.9 Å². The highest BCUT2D eigenvalue weighted by molar-refractivity contribution is 6.32. The summed E-state index contributed by atoms with van der Waals surface area (Å²) in [7, 11) is 0. The van der Waals surface area contributed by atoms with Gasteiger partial charge in [-0.05, 0) is 122 Å². The molecule has 0 N–H and O–H groups in total. The van der Waals surface area contributed by atoms with Crippen LogP contribution in [0, 0.1) is 13.8 Å². The second-order valence-electron chi connectivity index (χ2n) is 16.8. The topological polar surface area (TPSA) is 116 Å². The summed E-state index contributed by atoms with van der Waals surface area (Å²) >= 11 is 0. The Balaban J connectivity index is 1.28. The van der Waals surface area contributed by atoms with E-state index in [1.54, 1.807) is 0 Å². The van der Waals surface area contributed by atoms with Gasteiger partial charge in [-0.3, -0.25) is 19.6 Å². The van der Waals surface area contributed by atoms with Crippen LogP contribution in [0.2, 0.25) is 0 Å². The molecular weight excluding hydrogens is 865 g/mol. The highest BCUT2D eigenvalue weighted by atomic mass is 15.3. The van der Waals surface area contributed by atoms with Crippen LogP contribution < -0.4 is 19.6 Å². The third-order valence-electron chi connectivity index (χ3n) is 12.3. The maximum absolute atomic E-state index is 5.05. The average molecular weight is 907 g/mol. The third kappa shape index (κ3) is 7.46. The molecule has 0 fully saturated rings. The van der Waals surface area contributed by atoms with E-state index in [2.05, 4.69) is 68.1 Å². The molecular formula is C58H42N12. The molecule has 70 heavy (non-hydrogen) atoms. The van der Waals surface area contributed by atoms with Crippen LogP contribution >= 0.6 is 0 Å². The number of hydrogen-bond donors (Lipinski definition) is 0. The molecule has 8 heterocycles. The Bertz CT molecular complexity index is 3390. The Morgan fingerprint density at radius 3 is 0.700 bits per heavy atom. The lowest BCUT2D eigenvalue weighted by Gasteiger charge is -2.32. The molecule has 12 nitrogen and oxygen atoms in total. The molecule has 12 aromatic rings. The first-order valence-electron chi connectivity index (χ1n) is 22.9. The molecule has 0 aliphatic heterocycles. The quantitative estimate of drug-likeness (QED) is 0.109. The van der Waals surface area contributed by atoms with Crippen molar-refractivity contribution in [2.75, 3.05) is 19.6 Å². The van der Waals surface area contributed by atoms with Crippen LogP contribution in [0.1, 0.15) is 11.1 Å². The summed E-state index contributed by atoms with van der Waals surface area (Å²) in [6.07, 6.45) is 14.7.